The van der Waals surface area contributed by atoms with Crippen molar-refractivity contribution in [2.45, 2.75) is 26.3 Å². The van der Waals surface area contributed by atoms with Crippen molar-refractivity contribution in [2.75, 3.05) is 0 Å². The van der Waals surface area contributed by atoms with Crippen LogP contribution in [0.2, 0.25) is 0 Å². The Morgan fingerprint density at radius 2 is 2.00 bits per heavy atom. The Morgan fingerprint density at radius 3 is 2.79 bits per heavy atom. The van der Waals surface area contributed by atoms with Gasteiger partial charge in [-0.15, -0.1) is 5.10 Å². The molecule has 0 fully saturated rings. The number of carbonyl (C=O) groups excluding carboxylic acids is 1. The summed E-state index contributed by atoms with van der Waals surface area (Å²) in [6, 6.07) is 15.7. The largest absolute Gasteiger partial charge is 0.273 e. The number of aromatic nitrogens is 3. The molecule has 0 saturated carbocycles. The molecular weight excluding hydrogens is 302 g/mol. The van der Waals surface area contributed by atoms with Crippen molar-refractivity contribution in [3.05, 3.63) is 59.7 Å². The minimum atomic E-state index is -0.156. The van der Waals surface area contributed by atoms with Crippen molar-refractivity contribution in [2.24, 2.45) is 5.10 Å². The quantitative estimate of drug-likeness (QED) is 0.560. The van der Waals surface area contributed by atoms with Gasteiger partial charge in [0.15, 0.2) is 0 Å². The number of amides is 1. The number of nitrogens with one attached hydrogen (secondary N) is 1. The number of fused-ring (bicyclic) bond motifs is 1. The first-order valence-corrected chi connectivity index (χ1v) is 7.95. The predicted molar refractivity (Wildman–Crippen MR) is 93.7 cm³/mol. The molecule has 1 heterocycles. The highest BCUT2D eigenvalue weighted by Gasteiger charge is 2.05. The zero-order chi connectivity index (χ0) is 16.8. The summed E-state index contributed by atoms with van der Waals surface area (Å²) < 4.78 is 1.72. The molecule has 2 aromatic carbocycles. The fraction of sp³-hybridized carbons (Fsp3) is 0.222. The van der Waals surface area contributed by atoms with E-state index in [0.29, 0.717) is 13.0 Å². The molecular formula is C18H19N5O. The molecule has 1 amide bonds. The maximum atomic E-state index is 11.9. The van der Waals surface area contributed by atoms with Gasteiger partial charge in [-0.1, -0.05) is 48.5 Å². The average Bonchev–Trinajstić information content (AvgIpc) is 3.04. The van der Waals surface area contributed by atoms with Crippen LogP contribution in [0.15, 0.2) is 53.6 Å². The number of hydrogen-bond acceptors (Lipinski definition) is 4. The van der Waals surface area contributed by atoms with E-state index in [1.807, 2.05) is 36.4 Å². The molecule has 0 atom stereocenters. The summed E-state index contributed by atoms with van der Waals surface area (Å²) in [6.07, 6.45) is 2.94. The minimum absolute atomic E-state index is 0.156. The Balaban J connectivity index is 1.51. The summed E-state index contributed by atoms with van der Waals surface area (Å²) in [5.74, 6) is -0.156. The lowest BCUT2D eigenvalue weighted by molar-refractivity contribution is -0.121. The Bertz CT molecular complexity index is 851. The van der Waals surface area contributed by atoms with Gasteiger partial charge in [0, 0.05) is 6.42 Å². The lowest BCUT2D eigenvalue weighted by Crippen LogP contribution is -2.19. The zero-order valence-electron chi connectivity index (χ0n) is 13.5. The van der Waals surface area contributed by atoms with E-state index in [9.17, 15) is 4.79 Å². The van der Waals surface area contributed by atoms with E-state index in [4.69, 9.17) is 0 Å². The summed E-state index contributed by atoms with van der Waals surface area (Å²) in [4.78, 5) is 11.9. The maximum Gasteiger partial charge on any atom is 0.241 e. The van der Waals surface area contributed by atoms with Crippen molar-refractivity contribution in [1.82, 2.24) is 20.4 Å². The molecule has 0 radical (unpaired) electrons. The molecule has 1 aromatic heterocycles. The third kappa shape index (κ3) is 3.84. The predicted octanol–water partition coefficient (Wildman–Crippen LogP) is 2.53. The molecule has 0 aliphatic heterocycles. The number of hydrazone groups is 1. The van der Waals surface area contributed by atoms with E-state index in [2.05, 4.69) is 39.9 Å². The Morgan fingerprint density at radius 1 is 1.21 bits per heavy atom. The van der Waals surface area contributed by atoms with Gasteiger partial charge in [0.2, 0.25) is 5.91 Å². The van der Waals surface area contributed by atoms with Gasteiger partial charge < -0.3 is 0 Å². The minimum Gasteiger partial charge on any atom is -0.273 e. The van der Waals surface area contributed by atoms with Crippen LogP contribution < -0.4 is 5.43 Å². The lowest BCUT2D eigenvalue weighted by Gasteiger charge is -2.02. The second-order valence-corrected chi connectivity index (χ2v) is 5.44. The van der Waals surface area contributed by atoms with Crippen LogP contribution in [0.5, 0.6) is 0 Å². The third-order valence-electron chi connectivity index (χ3n) is 3.76. The van der Waals surface area contributed by atoms with Crippen LogP contribution in [0, 0.1) is 0 Å². The second kappa shape index (κ2) is 7.50. The van der Waals surface area contributed by atoms with E-state index in [1.165, 1.54) is 5.56 Å². The van der Waals surface area contributed by atoms with Gasteiger partial charge in [-0.25, -0.2) is 10.1 Å². The molecule has 0 unspecified atom stereocenters. The first-order valence-electron chi connectivity index (χ1n) is 7.95. The zero-order valence-corrected chi connectivity index (χ0v) is 13.5. The third-order valence-corrected chi connectivity index (χ3v) is 3.76. The van der Waals surface area contributed by atoms with Crippen LogP contribution in [0.4, 0.5) is 0 Å². The molecule has 3 rings (SSSR count). The lowest BCUT2D eigenvalue weighted by atomic mass is 10.1. The Labute approximate surface area is 140 Å². The second-order valence-electron chi connectivity index (χ2n) is 5.44. The smallest absolute Gasteiger partial charge is 0.241 e. The van der Waals surface area contributed by atoms with Crippen LogP contribution in [-0.2, 0) is 17.8 Å². The summed E-state index contributed by atoms with van der Waals surface area (Å²) in [5, 5.41) is 12.1. The number of rotatable bonds is 6. The molecule has 6 heteroatoms. The van der Waals surface area contributed by atoms with E-state index in [-0.39, 0.29) is 5.91 Å². The molecule has 122 valence electrons. The fourth-order valence-electron chi connectivity index (χ4n) is 2.36. The SMILES string of the molecule is CCc1ccc(C=NNC(=O)CCn2nnc3ccccc32)cc1. The first kappa shape index (κ1) is 15.9. The number of para-hydroxylation sites is 1. The van der Waals surface area contributed by atoms with Crippen LogP contribution >= 0.6 is 0 Å². The highest BCUT2D eigenvalue weighted by Crippen LogP contribution is 2.09. The van der Waals surface area contributed by atoms with Crippen molar-refractivity contribution in [3.63, 3.8) is 0 Å². The van der Waals surface area contributed by atoms with Crippen molar-refractivity contribution >= 4 is 23.2 Å². The van der Waals surface area contributed by atoms with E-state index >= 15 is 0 Å². The topological polar surface area (TPSA) is 72.2 Å². The normalized spacial score (nSPS) is 11.2. The van der Waals surface area contributed by atoms with Crippen LogP contribution in [0.3, 0.4) is 0 Å². The van der Waals surface area contributed by atoms with Crippen LogP contribution in [-0.4, -0.2) is 27.1 Å². The van der Waals surface area contributed by atoms with Gasteiger partial charge in [0.25, 0.3) is 0 Å². The first-order chi connectivity index (χ1) is 11.8. The van der Waals surface area contributed by atoms with Crippen molar-refractivity contribution < 1.29 is 4.79 Å². The Hall–Kier alpha value is -3.02. The van der Waals surface area contributed by atoms with E-state index < -0.39 is 0 Å². The monoisotopic (exact) mass is 321 g/mol. The summed E-state index contributed by atoms with van der Waals surface area (Å²) in [6.45, 7) is 2.58. The molecule has 0 aliphatic rings. The molecule has 24 heavy (non-hydrogen) atoms. The summed E-state index contributed by atoms with van der Waals surface area (Å²) in [7, 11) is 0. The molecule has 1 N–H and O–H groups in total. The molecule has 0 bridgehead atoms. The van der Waals surface area contributed by atoms with Gasteiger partial charge in [0.05, 0.1) is 18.3 Å². The van der Waals surface area contributed by atoms with Crippen molar-refractivity contribution in [1.29, 1.82) is 0 Å². The van der Waals surface area contributed by atoms with Gasteiger partial charge in [0.1, 0.15) is 5.52 Å². The molecule has 0 spiro atoms. The maximum absolute atomic E-state index is 11.9. The number of benzene rings is 2. The summed E-state index contributed by atoms with van der Waals surface area (Å²) in [5.41, 5.74) is 6.51. The van der Waals surface area contributed by atoms with Gasteiger partial charge in [-0.05, 0) is 29.7 Å². The van der Waals surface area contributed by atoms with Gasteiger partial charge in [-0.2, -0.15) is 5.10 Å². The number of carbonyl (C=O) groups is 1. The van der Waals surface area contributed by atoms with Crippen molar-refractivity contribution in [3.8, 4) is 0 Å². The number of hydrogen-bond donors (Lipinski definition) is 1. The van der Waals surface area contributed by atoms with E-state index in [0.717, 1.165) is 23.0 Å². The molecule has 0 saturated heterocycles. The number of nitrogens with zero attached hydrogens (tertiary/aromatic N) is 4. The van der Waals surface area contributed by atoms with Gasteiger partial charge in [-0.3, -0.25) is 4.79 Å². The van der Waals surface area contributed by atoms with Gasteiger partial charge >= 0.3 is 0 Å². The molecule has 3 aromatic rings. The molecule has 6 nitrogen and oxygen atoms in total. The summed E-state index contributed by atoms with van der Waals surface area (Å²) >= 11 is 0. The highest BCUT2D eigenvalue weighted by molar-refractivity contribution is 5.82. The fourth-order valence-corrected chi connectivity index (χ4v) is 2.36. The van der Waals surface area contributed by atoms with Crippen LogP contribution in [0.25, 0.3) is 11.0 Å². The number of aryl methyl sites for hydroxylation is 2. The average molecular weight is 321 g/mol. The Kier molecular flexibility index (Phi) is 4.96. The molecule has 0 aliphatic carbocycles. The highest BCUT2D eigenvalue weighted by atomic mass is 16.2. The van der Waals surface area contributed by atoms with E-state index in [1.54, 1.807) is 10.9 Å². The van der Waals surface area contributed by atoms with Crippen LogP contribution in [0.1, 0.15) is 24.5 Å². The standard InChI is InChI=1S/C18H19N5O/c1-2-14-7-9-15(10-8-14)13-19-21-18(24)11-12-23-17-6-4-3-5-16(17)20-22-23/h3-10,13H,2,11-12H2,1H3,(H,21,24).